The monoisotopic (exact) mass is 544 g/mol. The van der Waals surface area contributed by atoms with Crippen LogP contribution in [0.2, 0.25) is 0 Å². The van der Waals surface area contributed by atoms with Gasteiger partial charge in [0.05, 0.1) is 26.4 Å². The zero-order valence-electron chi connectivity index (χ0n) is 23.8. The van der Waals surface area contributed by atoms with Crippen molar-refractivity contribution in [2.45, 2.75) is 78.7 Å². The minimum absolute atomic E-state index is 0.0617. The second-order valence-corrected chi connectivity index (χ2v) is 10.6. The first-order valence-electron chi connectivity index (χ1n) is 14.0. The van der Waals surface area contributed by atoms with E-state index >= 15 is 0 Å². The molecule has 0 bridgehead atoms. The number of hydrogen-bond acceptors (Lipinski definition) is 6. The molecule has 2 N–H and O–H groups in total. The number of unbranched alkanes of at least 4 members (excludes halogenated alkanes) is 7. The third-order valence-corrected chi connectivity index (χ3v) is 6.63. The molecule has 0 aliphatic carbocycles. The Bertz CT molecular complexity index is 1050. The van der Waals surface area contributed by atoms with E-state index in [0.29, 0.717) is 29.0 Å². The molecule has 0 unspecified atom stereocenters. The Morgan fingerprint density at radius 2 is 1.62 bits per heavy atom. The normalized spacial score (nSPS) is 11.3. The van der Waals surface area contributed by atoms with Gasteiger partial charge < -0.3 is 24.4 Å². The number of carbonyl (C=O) groups excluding carboxylic acids is 1. The molecule has 0 aliphatic rings. The van der Waals surface area contributed by atoms with Crippen molar-refractivity contribution in [2.75, 3.05) is 26.4 Å². The van der Waals surface area contributed by atoms with Crippen LogP contribution in [0.1, 0.15) is 77.7 Å². The van der Waals surface area contributed by atoms with Crippen LogP contribution in [-0.4, -0.2) is 42.6 Å². The summed E-state index contributed by atoms with van der Waals surface area (Å²) in [7, 11) is 0. The molecule has 0 heterocycles. The van der Waals surface area contributed by atoms with Crippen LogP contribution in [0.25, 0.3) is 11.1 Å². The number of aliphatic hydroxyl groups is 2. The predicted molar refractivity (Wildman–Crippen MR) is 152 cm³/mol. The molecular weight excluding hydrogens is 499 g/mol. The fourth-order valence-corrected chi connectivity index (χ4v) is 3.93. The Kier molecular flexibility index (Phi) is 14.0. The maximum absolute atomic E-state index is 15.0. The molecule has 6 nitrogen and oxygen atoms in total. The van der Waals surface area contributed by atoms with Crippen LogP contribution in [0.5, 0.6) is 11.5 Å². The summed E-state index contributed by atoms with van der Waals surface area (Å²) in [6.07, 6.45) is 9.49. The predicted octanol–water partition coefficient (Wildman–Crippen LogP) is 7.00. The van der Waals surface area contributed by atoms with E-state index in [4.69, 9.17) is 14.2 Å². The highest BCUT2D eigenvalue weighted by molar-refractivity contribution is 5.87. The second kappa shape index (κ2) is 16.9. The number of halogens is 1. The average molecular weight is 545 g/mol. The Morgan fingerprint density at radius 1 is 0.949 bits per heavy atom. The Balaban J connectivity index is 2.08. The highest BCUT2D eigenvalue weighted by Crippen LogP contribution is 2.32. The topological polar surface area (TPSA) is 85.2 Å². The molecule has 2 aromatic rings. The number of benzene rings is 2. The lowest BCUT2D eigenvalue weighted by Crippen LogP contribution is -2.33. The van der Waals surface area contributed by atoms with Gasteiger partial charge in [-0.05, 0) is 48.7 Å². The van der Waals surface area contributed by atoms with E-state index in [-0.39, 0.29) is 37.8 Å². The van der Waals surface area contributed by atoms with Crippen LogP contribution in [-0.2, 0) is 16.1 Å². The molecule has 216 valence electrons. The van der Waals surface area contributed by atoms with Gasteiger partial charge >= 0.3 is 5.97 Å². The summed E-state index contributed by atoms with van der Waals surface area (Å²) in [6, 6.07) is 10.0. The van der Waals surface area contributed by atoms with Crippen molar-refractivity contribution in [3.63, 3.8) is 0 Å². The first kappa shape index (κ1) is 32.3. The number of hydrogen-bond donors (Lipinski definition) is 2. The lowest BCUT2D eigenvalue weighted by atomic mass is 9.94. The van der Waals surface area contributed by atoms with Crippen LogP contribution in [0.4, 0.5) is 4.39 Å². The molecule has 2 aromatic carbocycles. The van der Waals surface area contributed by atoms with Crippen molar-refractivity contribution in [1.82, 2.24) is 0 Å². The van der Waals surface area contributed by atoms with Gasteiger partial charge in [-0.1, -0.05) is 77.5 Å². The number of esters is 1. The van der Waals surface area contributed by atoms with Crippen LogP contribution in [0, 0.1) is 11.2 Å². The fraction of sp³-hybridized carbons (Fsp3) is 0.531. The first-order chi connectivity index (χ1) is 18.7. The Morgan fingerprint density at radius 3 is 2.23 bits per heavy atom. The van der Waals surface area contributed by atoms with E-state index in [9.17, 15) is 19.4 Å². The minimum atomic E-state index is -0.807. The van der Waals surface area contributed by atoms with Gasteiger partial charge in [-0.25, -0.2) is 9.18 Å². The van der Waals surface area contributed by atoms with Crippen LogP contribution >= 0.6 is 0 Å². The van der Waals surface area contributed by atoms with Crippen LogP contribution in [0.3, 0.4) is 0 Å². The lowest BCUT2D eigenvalue weighted by molar-refractivity contribution is -0.140. The molecule has 0 amide bonds. The maximum Gasteiger partial charge on any atom is 0.333 e. The van der Waals surface area contributed by atoms with Crippen LogP contribution in [0.15, 0.2) is 48.6 Å². The minimum Gasteiger partial charge on any atom is -0.493 e. The molecule has 0 atom stereocenters. The van der Waals surface area contributed by atoms with Crippen molar-refractivity contribution in [3.05, 3.63) is 59.9 Å². The summed E-state index contributed by atoms with van der Waals surface area (Å²) in [4.78, 5) is 12.0. The maximum atomic E-state index is 15.0. The van der Waals surface area contributed by atoms with Crippen LogP contribution < -0.4 is 9.47 Å². The standard InChI is InChI=1S/C32H45FO6/c1-5-6-7-8-9-10-11-12-17-37-30-16-13-25(19-29(30)33)28-15-14-27(39-23-32(4,21-34)22-35)18-26(28)20-38-31(36)24(2)3/h13-16,18-19,34-35H,2,5-12,17,20-23H2,1,3-4H3. The number of carbonyl (C=O) groups is 1. The van der Waals surface area contributed by atoms with Crippen molar-refractivity contribution >= 4 is 5.97 Å². The molecule has 0 saturated carbocycles. The molecule has 0 fully saturated rings. The summed E-state index contributed by atoms with van der Waals surface area (Å²) in [5.41, 5.74) is 1.37. The lowest BCUT2D eigenvalue weighted by Gasteiger charge is -2.25. The van der Waals surface area contributed by atoms with Crippen molar-refractivity contribution < 1.29 is 33.6 Å². The Labute approximate surface area is 232 Å². The van der Waals surface area contributed by atoms with Crippen molar-refractivity contribution in [3.8, 4) is 22.6 Å². The largest absolute Gasteiger partial charge is 0.493 e. The Hall–Kier alpha value is -2.90. The van der Waals surface area contributed by atoms with Gasteiger partial charge in [0.1, 0.15) is 12.4 Å². The zero-order valence-corrected chi connectivity index (χ0v) is 23.8. The summed E-state index contributed by atoms with van der Waals surface area (Å²) < 4.78 is 31.8. The summed E-state index contributed by atoms with van der Waals surface area (Å²) in [5, 5.41) is 19.1. The molecule has 2 rings (SSSR count). The van der Waals surface area contributed by atoms with Crippen molar-refractivity contribution in [1.29, 1.82) is 0 Å². The van der Waals surface area contributed by atoms with E-state index in [1.54, 1.807) is 44.2 Å². The van der Waals surface area contributed by atoms with Gasteiger partial charge in [0.25, 0.3) is 0 Å². The highest BCUT2D eigenvalue weighted by Gasteiger charge is 2.24. The quantitative estimate of drug-likeness (QED) is 0.113. The molecular formula is C32H45FO6. The van der Waals surface area contributed by atoms with Crippen molar-refractivity contribution in [2.24, 2.45) is 5.41 Å². The number of aliphatic hydroxyl groups excluding tert-OH is 2. The summed E-state index contributed by atoms with van der Waals surface area (Å²) >= 11 is 0. The van der Waals surface area contributed by atoms with Gasteiger partial charge in [0, 0.05) is 16.6 Å². The van der Waals surface area contributed by atoms with Gasteiger partial charge in [0.15, 0.2) is 11.6 Å². The average Bonchev–Trinajstić information content (AvgIpc) is 2.94. The fourth-order valence-electron chi connectivity index (χ4n) is 3.93. The molecule has 0 aliphatic heterocycles. The van der Waals surface area contributed by atoms with E-state index in [2.05, 4.69) is 13.5 Å². The molecule has 0 aromatic heterocycles. The van der Waals surface area contributed by atoms with Gasteiger partial charge in [-0.2, -0.15) is 0 Å². The smallest absolute Gasteiger partial charge is 0.333 e. The molecule has 0 spiro atoms. The first-order valence-corrected chi connectivity index (χ1v) is 14.0. The zero-order chi connectivity index (χ0) is 28.7. The summed E-state index contributed by atoms with van der Waals surface area (Å²) in [5.74, 6) is -0.307. The third kappa shape index (κ3) is 11.0. The third-order valence-electron chi connectivity index (χ3n) is 6.63. The van der Waals surface area contributed by atoms with E-state index in [0.717, 1.165) is 12.8 Å². The molecule has 0 radical (unpaired) electrons. The number of rotatable bonds is 19. The highest BCUT2D eigenvalue weighted by atomic mass is 19.1. The second-order valence-electron chi connectivity index (χ2n) is 10.6. The molecule has 7 heteroatoms. The number of ether oxygens (including phenoxy) is 3. The van der Waals surface area contributed by atoms with E-state index in [1.165, 1.54) is 44.6 Å². The molecule has 39 heavy (non-hydrogen) atoms. The van der Waals surface area contributed by atoms with E-state index < -0.39 is 17.2 Å². The summed E-state index contributed by atoms with van der Waals surface area (Å²) in [6.45, 7) is 9.11. The van der Waals surface area contributed by atoms with E-state index in [1.807, 2.05) is 0 Å². The van der Waals surface area contributed by atoms with Gasteiger partial charge in [0.2, 0.25) is 0 Å². The molecule has 0 saturated heterocycles. The van der Waals surface area contributed by atoms with Gasteiger partial charge in [-0.3, -0.25) is 0 Å². The SMILES string of the molecule is C=C(C)C(=O)OCc1cc(OCC(C)(CO)CO)ccc1-c1ccc(OCCCCCCCCCC)c(F)c1. The van der Waals surface area contributed by atoms with Gasteiger partial charge in [-0.15, -0.1) is 0 Å².